The molecule has 22 heavy (non-hydrogen) atoms. The van der Waals surface area contributed by atoms with Crippen LogP contribution in [0.4, 0.5) is 4.39 Å². The van der Waals surface area contributed by atoms with Crippen LogP contribution < -0.4 is 14.8 Å². The van der Waals surface area contributed by atoms with Crippen LogP contribution in [0.3, 0.4) is 0 Å². The second-order valence-electron chi connectivity index (χ2n) is 4.75. The van der Waals surface area contributed by atoms with Gasteiger partial charge in [0, 0.05) is 5.56 Å². The average molecular weight is 303 g/mol. The molecule has 0 aliphatic heterocycles. The Morgan fingerprint density at radius 3 is 2.45 bits per heavy atom. The second-order valence-corrected chi connectivity index (χ2v) is 4.75. The Hall–Kier alpha value is -2.56. The first-order valence-electron chi connectivity index (χ1n) is 6.91. The topological polar surface area (TPSA) is 47.6 Å². The maximum Gasteiger partial charge on any atom is 0.258 e. The van der Waals surface area contributed by atoms with Crippen LogP contribution in [0.5, 0.6) is 11.5 Å². The van der Waals surface area contributed by atoms with Crippen molar-refractivity contribution < 1.29 is 18.7 Å². The van der Waals surface area contributed by atoms with Crippen molar-refractivity contribution >= 4 is 5.91 Å². The molecule has 0 aliphatic rings. The molecule has 0 fully saturated rings. The van der Waals surface area contributed by atoms with E-state index in [-0.39, 0.29) is 24.3 Å². The van der Waals surface area contributed by atoms with Crippen LogP contribution >= 0.6 is 0 Å². The van der Waals surface area contributed by atoms with E-state index in [0.717, 1.165) is 5.56 Å². The monoisotopic (exact) mass is 303 g/mol. The number of carbonyl (C=O) groups excluding carboxylic acids is 1. The third kappa shape index (κ3) is 3.97. The lowest BCUT2D eigenvalue weighted by atomic mass is 10.1. The molecule has 2 rings (SSSR count). The molecule has 116 valence electrons. The predicted octanol–water partition coefficient (Wildman–Crippen LogP) is 3.09. The Bertz CT molecular complexity index is 645. The molecular weight excluding hydrogens is 285 g/mol. The Morgan fingerprint density at radius 2 is 1.77 bits per heavy atom. The van der Waals surface area contributed by atoms with Gasteiger partial charge in [-0.25, -0.2) is 4.39 Å². The molecular formula is C17H18FNO3. The highest BCUT2D eigenvalue weighted by atomic mass is 19.1. The summed E-state index contributed by atoms with van der Waals surface area (Å²) in [6.45, 7) is 1.60. The molecule has 1 amide bonds. The number of methoxy groups -OCH3 is 1. The highest BCUT2D eigenvalue weighted by Gasteiger charge is 2.14. The lowest BCUT2D eigenvalue weighted by Crippen LogP contribution is -2.31. The molecule has 4 nitrogen and oxygen atoms in total. The van der Waals surface area contributed by atoms with Crippen molar-refractivity contribution in [3.05, 3.63) is 59.9 Å². The molecule has 5 heteroatoms. The summed E-state index contributed by atoms with van der Waals surface area (Å²) in [5.74, 6) is -0.0670. The number of halogens is 1. The third-order valence-corrected chi connectivity index (χ3v) is 3.18. The number of ether oxygens (including phenoxy) is 2. The summed E-state index contributed by atoms with van der Waals surface area (Å²) in [5.41, 5.74) is 0.865. The van der Waals surface area contributed by atoms with Crippen molar-refractivity contribution in [3.63, 3.8) is 0 Å². The molecule has 0 saturated carbocycles. The van der Waals surface area contributed by atoms with Crippen molar-refractivity contribution in [2.45, 2.75) is 13.0 Å². The van der Waals surface area contributed by atoms with Crippen molar-refractivity contribution in [2.24, 2.45) is 0 Å². The maximum atomic E-state index is 13.4. The van der Waals surface area contributed by atoms with Gasteiger partial charge in [-0.15, -0.1) is 0 Å². The van der Waals surface area contributed by atoms with Gasteiger partial charge in [0.15, 0.2) is 18.2 Å². The van der Waals surface area contributed by atoms with E-state index >= 15 is 0 Å². The largest absolute Gasteiger partial charge is 0.496 e. The van der Waals surface area contributed by atoms with Gasteiger partial charge in [0.05, 0.1) is 13.2 Å². The van der Waals surface area contributed by atoms with Crippen molar-refractivity contribution in [1.82, 2.24) is 5.32 Å². The number of hydrogen-bond acceptors (Lipinski definition) is 3. The Labute approximate surface area is 128 Å². The number of rotatable bonds is 6. The summed E-state index contributed by atoms with van der Waals surface area (Å²) < 4.78 is 23.8. The van der Waals surface area contributed by atoms with Crippen LogP contribution in [-0.4, -0.2) is 19.6 Å². The second kappa shape index (κ2) is 7.45. The summed E-state index contributed by atoms with van der Waals surface area (Å²) in [6, 6.07) is 13.2. The van der Waals surface area contributed by atoms with Crippen LogP contribution in [-0.2, 0) is 4.79 Å². The van der Waals surface area contributed by atoms with Crippen LogP contribution in [0.1, 0.15) is 18.5 Å². The molecule has 2 aromatic rings. The fourth-order valence-electron chi connectivity index (χ4n) is 2.09. The molecule has 1 N–H and O–H groups in total. The number of benzene rings is 2. The fraction of sp³-hybridized carbons (Fsp3) is 0.235. The molecule has 1 atom stereocenters. The van der Waals surface area contributed by atoms with E-state index in [1.165, 1.54) is 12.1 Å². The highest BCUT2D eigenvalue weighted by molar-refractivity contribution is 5.78. The molecule has 0 aliphatic carbocycles. The lowest BCUT2D eigenvalue weighted by molar-refractivity contribution is -0.123. The molecule has 0 radical (unpaired) electrons. The van der Waals surface area contributed by atoms with Crippen LogP contribution in [0.25, 0.3) is 0 Å². The van der Waals surface area contributed by atoms with Gasteiger partial charge in [0.1, 0.15) is 5.75 Å². The van der Waals surface area contributed by atoms with Gasteiger partial charge in [-0.3, -0.25) is 4.79 Å². The first-order chi connectivity index (χ1) is 10.6. The van der Waals surface area contributed by atoms with Crippen LogP contribution in [0.2, 0.25) is 0 Å². The van der Waals surface area contributed by atoms with E-state index < -0.39 is 5.82 Å². The van der Waals surface area contributed by atoms with E-state index in [1.807, 2.05) is 31.2 Å². The van der Waals surface area contributed by atoms with Gasteiger partial charge in [-0.2, -0.15) is 0 Å². The Morgan fingerprint density at radius 1 is 1.14 bits per heavy atom. The maximum absolute atomic E-state index is 13.4. The number of hydrogen-bond donors (Lipinski definition) is 1. The Kier molecular flexibility index (Phi) is 5.36. The quantitative estimate of drug-likeness (QED) is 0.892. The van der Waals surface area contributed by atoms with Gasteiger partial charge in [-0.05, 0) is 25.1 Å². The minimum atomic E-state index is -0.493. The smallest absolute Gasteiger partial charge is 0.258 e. The minimum absolute atomic E-state index is 0.0580. The van der Waals surface area contributed by atoms with Gasteiger partial charge >= 0.3 is 0 Å². The number of amides is 1. The fourth-order valence-corrected chi connectivity index (χ4v) is 2.09. The summed E-state index contributed by atoms with van der Waals surface area (Å²) in [4.78, 5) is 11.9. The predicted molar refractivity (Wildman–Crippen MR) is 81.4 cm³/mol. The summed E-state index contributed by atoms with van der Waals surface area (Å²) in [7, 11) is 1.58. The molecule has 0 bridgehead atoms. The third-order valence-electron chi connectivity index (χ3n) is 3.18. The van der Waals surface area contributed by atoms with Crippen LogP contribution in [0.15, 0.2) is 48.5 Å². The Balaban J connectivity index is 1.93. The summed E-state index contributed by atoms with van der Waals surface area (Å²) in [6.07, 6.45) is 0. The van der Waals surface area contributed by atoms with Crippen molar-refractivity contribution in [1.29, 1.82) is 0 Å². The van der Waals surface area contributed by atoms with E-state index in [1.54, 1.807) is 19.2 Å². The van der Waals surface area contributed by atoms with E-state index in [9.17, 15) is 9.18 Å². The van der Waals surface area contributed by atoms with E-state index in [0.29, 0.717) is 5.75 Å². The van der Waals surface area contributed by atoms with Gasteiger partial charge in [-0.1, -0.05) is 30.3 Å². The van der Waals surface area contributed by atoms with Crippen LogP contribution in [0, 0.1) is 5.82 Å². The molecule has 2 aromatic carbocycles. The molecule has 0 heterocycles. The lowest BCUT2D eigenvalue weighted by Gasteiger charge is -2.17. The molecule has 0 saturated heterocycles. The molecule has 0 spiro atoms. The zero-order valence-electron chi connectivity index (χ0n) is 12.5. The molecule has 0 aromatic heterocycles. The highest BCUT2D eigenvalue weighted by Crippen LogP contribution is 2.24. The standard InChI is InChI=1S/C17H18FNO3/c1-12(13-7-3-5-9-15(13)21-2)19-17(20)11-22-16-10-6-4-8-14(16)18/h3-10,12H,11H2,1-2H3,(H,19,20)/t12-/m1/s1. The van der Waals surface area contributed by atoms with Gasteiger partial charge in [0.25, 0.3) is 5.91 Å². The number of para-hydroxylation sites is 2. The SMILES string of the molecule is COc1ccccc1[C@@H](C)NC(=O)COc1ccccc1F. The zero-order valence-corrected chi connectivity index (χ0v) is 12.5. The first kappa shape index (κ1) is 15.8. The van der Waals surface area contributed by atoms with Gasteiger partial charge < -0.3 is 14.8 Å². The summed E-state index contributed by atoms with van der Waals surface area (Å²) in [5, 5.41) is 2.79. The molecule has 0 unspecified atom stereocenters. The van der Waals surface area contributed by atoms with Crippen molar-refractivity contribution in [3.8, 4) is 11.5 Å². The summed E-state index contributed by atoms with van der Waals surface area (Å²) >= 11 is 0. The van der Waals surface area contributed by atoms with Crippen molar-refractivity contribution in [2.75, 3.05) is 13.7 Å². The average Bonchev–Trinajstić information content (AvgIpc) is 2.54. The number of carbonyl (C=O) groups is 1. The van der Waals surface area contributed by atoms with Gasteiger partial charge in [0.2, 0.25) is 0 Å². The number of nitrogens with one attached hydrogen (secondary N) is 1. The van der Waals surface area contributed by atoms with E-state index in [2.05, 4.69) is 5.32 Å². The first-order valence-corrected chi connectivity index (χ1v) is 6.91. The minimum Gasteiger partial charge on any atom is -0.496 e. The van der Waals surface area contributed by atoms with E-state index in [4.69, 9.17) is 9.47 Å². The normalized spacial score (nSPS) is 11.6. The zero-order chi connectivity index (χ0) is 15.9.